The van der Waals surface area contributed by atoms with Gasteiger partial charge in [-0.3, -0.25) is 4.79 Å². The first-order valence-electron chi connectivity index (χ1n) is 10.8. The maximum atomic E-state index is 12.5. The summed E-state index contributed by atoms with van der Waals surface area (Å²) in [6.07, 6.45) is 2.52. The Morgan fingerprint density at radius 1 is 1.32 bits per heavy atom. The van der Waals surface area contributed by atoms with Crippen molar-refractivity contribution in [1.29, 1.82) is 5.26 Å². The summed E-state index contributed by atoms with van der Waals surface area (Å²) in [7, 11) is 0. The molecule has 174 valence electrons. The Hall–Kier alpha value is -3.84. The lowest BCUT2D eigenvalue weighted by Crippen LogP contribution is -2.34. The first-order chi connectivity index (χ1) is 16.4. The molecule has 1 aromatic heterocycles. The van der Waals surface area contributed by atoms with Crippen molar-refractivity contribution in [2.45, 2.75) is 31.3 Å². The van der Waals surface area contributed by atoms with E-state index in [0.29, 0.717) is 24.5 Å². The van der Waals surface area contributed by atoms with Crippen LogP contribution in [0.3, 0.4) is 0 Å². The monoisotopic (exact) mass is 466 g/mol. The van der Waals surface area contributed by atoms with Crippen LogP contribution in [0.25, 0.3) is 22.8 Å². The van der Waals surface area contributed by atoms with E-state index in [1.807, 2.05) is 18.2 Å². The van der Waals surface area contributed by atoms with Gasteiger partial charge in [0.15, 0.2) is 0 Å². The molecule has 34 heavy (non-hydrogen) atoms. The summed E-state index contributed by atoms with van der Waals surface area (Å²) in [5.41, 5.74) is 3.29. The van der Waals surface area contributed by atoms with Crippen molar-refractivity contribution in [3.8, 4) is 34.7 Å². The van der Waals surface area contributed by atoms with E-state index in [1.54, 1.807) is 4.90 Å². The Labute approximate surface area is 193 Å². The molecular formula is C24H20F2N4O4. The van der Waals surface area contributed by atoms with E-state index in [9.17, 15) is 23.9 Å². The van der Waals surface area contributed by atoms with E-state index in [0.717, 1.165) is 36.0 Å². The molecule has 8 nitrogen and oxygen atoms in total. The van der Waals surface area contributed by atoms with Crippen molar-refractivity contribution in [3.05, 3.63) is 53.1 Å². The van der Waals surface area contributed by atoms with E-state index >= 15 is 0 Å². The van der Waals surface area contributed by atoms with Crippen molar-refractivity contribution < 1.29 is 27.9 Å². The fourth-order valence-electron chi connectivity index (χ4n) is 5.07. The molecule has 1 aliphatic heterocycles. The Morgan fingerprint density at radius 2 is 2.18 bits per heavy atom. The van der Waals surface area contributed by atoms with E-state index in [1.165, 1.54) is 18.2 Å². The second-order valence-electron chi connectivity index (χ2n) is 8.46. The number of aromatic nitrogens is 2. The minimum absolute atomic E-state index is 0.0664. The number of rotatable bonds is 5. The van der Waals surface area contributed by atoms with E-state index in [-0.39, 0.29) is 28.5 Å². The molecular weight excluding hydrogens is 446 g/mol. The lowest BCUT2D eigenvalue weighted by atomic mass is 9.81. The van der Waals surface area contributed by atoms with Crippen molar-refractivity contribution in [2.75, 3.05) is 19.7 Å². The van der Waals surface area contributed by atoms with Gasteiger partial charge in [0.2, 0.25) is 11.7 Å². The number of nitriles is 1. The van der Waals surface area contributed by atoms with Crippen LogP contribution < -0.4 is 4.74 Å². The molecule has 1 aliphatic carbocycles. The number of nitrogens with zero attached hydrogens (tertiary/aromatic N) is 4. The normalized spacial score (nSPS) is 19.0. The fourth-order valence-corrected chi connectivity index (χ4v) is 5.07. The minimum atomic E-state index is -3.04. The lowest BCUT2D eigenvalue weighted by Gasteiger charge is -2.25. The number of carbonyl (C=O) groups excluding carboxylic acids is 1. The third-order valence-corrected chi connectivity index (χ3v) is 6.67. The molecule has 1 fully saturated rings. The number of aliphatic hydroxyl groups is 1. The standard InChI is InChI=1S/C24H20F2N4O4/c25-23(26)33-19-5-4-14(10-15(19)11-27)22-28-21(29-34-22)17-2-1-3-18-16(17)6-7-24(18)8-9-30(13-24)20(32)12-31/h1-5,10,23,31H,6-9,12-13H2. The highest BCUT2D eigenvalue weighted by molar-refractivity contribution is 5.78. The molecule has 1 N–H and O–H groups in total. The van der Waals surface area contributed by atoms with Gasteiger partial charge in [0.1, 0.15) is 18.4 Å². The summed E-state index contributed by atoms with van der Waals surface area (Å²) in [5.74, 6) is 0.0565. The molecule has 1 unspecified atom stereocenters. The predicted molar refractivity (Wildman–Crippen MR) is 115 cm³/mol. The number of likely N-dealkylation sites (tertiary alicyclic amines) is 1. The van der Waals surface area contributed by atoms with Gasteiger partial charge in [-0.05, 0) is 48.6 Å². The molecule has 0 radical (unpaired) electrons. The Balaban J connectivity index is 1.45. The molecule has 1 saturated heterocycles. The molecule has 2 heterocycles. The summed E-state index contributed by atoms with van der Waals surface area (Å²) >= 11 is 0. The zero-order chi connectivity index (χ0) is 23.9. The summed E-state index contributed by atoms with van der Waals surface area (Å²) in [5, 5.41) is 22.6. The average molecular weight is 466 g/mol. The topological polar surface area (TPSA) is 112 Å². The summed E-state index contributed by atoms with van der Waals surface area (Å²) in [4.78, 5) is 18.2. The molecule has 5 rings (SSSR count). The highest BCUT2D eigenvalue weighted by atomic mass is 19.3. The number of aliphatic hydroxyl groups excluding tert-OH is 1. The SMILES string of the molecule is N#Cc1cc(-c2nc(-c3cccc4c3CCC43CCN(C(=O)CO)C3)no2)ccc1OC(F)F. The highest BCUT2D eigenvalue weighted by Crippen LogP contribution is 2.48. The van der Waals surface area contributed by atoms with Gasteiger partial charge in [-0.1, -0.05) is 23.4 Å². The Kier molecular flexibility index (Phi) is 5.49. The van der Waals surface area contributed by atoms with Crippen LogP contribution in [0.2, 0.25) is 0 Å². The number of halogens is 2. The van der Waals surface area contributed by atoms with Crippen LogP contribution in [-0.4, -0.2) is 52.4 Å². The van der Waals surface area contributed by atoms with Crippen molar-refractivity contribution in [3.63, 3.8) is 0 Å². The number of fused-ring (bicyclic) bond motifs is 2. The smallest absolute Gasteiger partial charge is 0.387 e. The summed E-state index contributed by atoms with van der Waals surface area (Å²) in [6, 6.07) is 11.9. The summed E-state index contributed by atoms with van der Waals surface area (Å²) in [6.45, 7) is -2.34. The maximum Gasteiger partial charge on any atom is 0.387 e. The second-order valence-corrected chi connectivity index (χ2v) is 8.46. The minimum Gasteiger partial charge on any atom is -0.433 e. The third kappa shape index (κ3) is 3.68. The van der Waals surface area contributed by atoms with Gasteiger partial charge in [0.05, 0.1) is 5.56 Å². The number of carbonyl (C=O) groups is 1. The van der Waals surface area contributed by atoms with Crippen LogP contribution in [0.4, 0.5) is 8.78 Å². The van der Waals surface area contributed by atoms with Crippen LogP contribution in [0, 0.1) is 11.3 Å². The van der Waals surface area contributed by atoms with E-state index < -0.39 is 13.2 Å². The highest BCUT2D eigenvalue weighted by Gasteiger charge is 2.46. The fraction of sp³-hybridized carbons (Fsp3) is 0.333. The number of hydrogen-bond acceptors (Lipinski definition) is 7. The molecule has 0 saturated carbocycles. The molecule has 1 spiro atoms. The third-order valence-electron chi connectivity index (χ3n) is 6.67. The van der Waals surface area contributed by atoms with Crippen molar-refractivity contribution >= 4 is 5.91 Å². The molecule has 1 atom stereocenters. The lowest BCUT2D eigenvalue weighted by molar-refractivity contribution is -0.133. The largest absolute Gasteiger partial charge is 0.433 e. The van der Waals surface area contributed by atoms with Crippen LogP contribution in [0.1, 0.15) is 29.5 Å². The molecule has 2 aromatic carbocycles. The van der Waals surface area contributed by atoms with Crippen LogP contribution in [-0.2, 0) is 16.6 Å². The van der Waals surface area contributed by atoms with E-state index in [2.05, 4.69) is 20.9 Å². The van der Waals surface area contributed by atoms with Crippen molar-refractivity contribution in [1.82, 2.24) is 15.0 Å². The second kappa shape index (κ2) is 8.50. The first kappa shape index (κ1) is 22.0. The Bertz CT molecular complexity index is 1300. The molecule has 0 bridgehead atoms. The quantitative estimate of drug-likeness (QED) is 0.614. The molecule has 1 amide bonds. The van der Waals surface area contributed by atoms with Crippen molar-refractivity contribution in [2.24, 2.45) is 0 Å². The Morgan fingerprint density at radius 3 is 2.94 bits per heavy atom. The predicted octanol–water partition coefficient (Wildman–Crippen LogP) is 3.29. The number of amides is 1. The van der Waals surface area contributed by atoms with Crippen LogP contribution in [0.15, 0.2) is 40.9 Å². The zero-order valence-electron chi connectivity index (χ0n) is 18.0. The maximum absolute atomic E-state index is 12.5. The molecule has 2 aliphatic rings. The van der Waals surface area contributed by atoms with Gasteiger partial charge < -0.3 is 19.3 Å². The van der Waals surface area contributed by atoms with Gasteiger partial charge in [0.25, 0.3) is 5.89 Å². The molecule has 10 heteroatoms. The van der Waals surface area contributed by atoms with Crippen LogP contribution >= 0.6 is 0 Å². The summed E-state index contributed by atoms with van der Waals surface area (Å²) < 4.78 is 34.9. The average Bonchev–Trinajstić information content (AvgIpc) is 3.58. The van der Waals surface area contributed by atoms with E-state index in [4.69, 9.17) is 4.52 Å². The number of alkyl halides is 2. The van der Waals surface area contributed by atoms with Gasteiger partial charge in [0, 0.05) is 29.6 Å². The number of benzene rings is 2. The van der Waals surface area contributed by atoms with Gasteiger partial charge in [-0.2, -0.15) is 19.0 Å². The molecule has 3 aromatic rings. The number of hydrogen-bond donors (Lipinski definition) is 1. The first-order valence-corrected chi connectivity index (χ1v) is 10.8. The zero-order valence-corrected chi connectivity index (χ0v) is 18.0. The van der Waals surface area contributed by atoms with Gasteiger partial charge >= 0.3 is 6.61 Å². The van der Waals surface area contributed by atoms with Gasteiger partial charge in [-0.15, -0.1) is 0 Å². The van der Waals surface area contributed by atoms with Gasteiger partial charge in [-0.25, -0.2) is 0 Å². The number of ether oxygens (including phenoxy) is 1. The van der Waals surface area contributed by atoms with Crippen LogP contribution in [0.5, 0.6) is 5.75 Å².